The van der Waals surface area contributed by atoms with E-state index in [1.807, 2.05) is 0 Å². The lowest BCUT2D eigenvalue weighted by atomic mass is 10.0. The van der Waals surface area contributed by atoms with Crippen LogP contribution in [0.1, 0.15) is 46.4 Å². The van der Waals surface area contributed by atoms with Gasteiger partial charge in [-0.1, -0.05) is 12.1 Å². The molecule has 8 nitrogen and oxygen atoms in total. The van der Waals surface area contributed by atoms with E-state index in [9.17, 15) is 27.2 Å². The van der Waals surface area contributed by atoms with E-state index in [2.05, 4.69) is 25.5 Å². The standard InChI is InChI=1S/C30H32F4N6O2/c31-23-3-1-2-20(16-23)26-6-4-21(17-35-26)28(41)38-25-10-14-40(15-11-25)27-7-5-22(18-36-27)29(42)37-24-8-12-39(13-9-24)19-30(32,33)34/h1-7,16-18,24-25H,8-15,19H2,(H,37,42)(H,38,41). The van der Waals surface area contributed by atoms with Crippen molar-refractivity contribution in [3.8, 4) is 11.3 Å². The van der Waals surface area contributed by atoms with Crippen LogP contribution >= 0.6 is 0 Å². The van der Waals surface area contributed by atoms with Crippen LogP contribution < -0.4 is 15.5 Å². The molecule has 222 valence electrons. The van der Waals surface area contributed by atoms with E-state index in [1.165, 1.54) is 29.4 Å². The molecule has 2 N–H and O–H groups in total. The number of pyridine rings is 2. The Balaban J connectivity index is 1.06. The smallest absolute Gasteiger partial charge is 0.356 e. The number of hydrogen-bond donors (Lipinski definition) is 2. The summed E-state index contributed by atoms with van der Waals surface area (Å²) < 4.78 is 51.2. The van der Waals surface area contributed by atoms with Crippen molar-refractivity contribution in [1.29, 1.82) is 0 Å². The van der Waals surface area contributed by atoms with Gasteiger partial charge in [0.25, 0.3) is 11.8 Å². The van der Waals surface area contributed by atoms with Crippen LogP contribution in [0.25, 0.3) is 11.3 Å². The number of aromatic nitrogens is 2. The maximum absolute atomic E-state index is 13.5. The number of benzene rings is 1. The molecule has 4 heterocycles. The van der Waals surface area contributed by atoms with Crippen molar-refractivity contribution in [3.05, 3.63) is 77.9 Å². The molecule has 2 aliphatic rings. The zero-order valence-corrected chi connectivity index (χ0v) is 22.9. The number of hydrogen-bond acceptors (Lipinski definition) is 6. The Kier molecular flexibility index (Phi) is 9.00. The van der Waals surface area contributed by atoms with Crippen LogP contribution in [0.5, 0.6) is 0 Å². The number of piperidine rings is 2. The quantitative estimate of drug-likeness (QED) is 0.400. The molecule has 5 rings (SSSR count). The highest BCUT2D eigenvalue weighted by Crippen LogP contribution is 2.22. The minimum absolute atomic E-state index is 0.00996. The SMILES string of the molecule is O=C(NC1CCN(CC(F)(F)F)CC1)c1ccc(N2CCC(NC(=O)c3ccc(-c4cccc(F)c4)nc3)CC2)nc1. The average molecular weight is 585 g/mol. The minimum Gasteiger partial charge on any atom is -0.356 e. The Labute approximate surface area is 241 Å². The zero-order chi connectivity index (χ0) is 29.7. The molecule has 0 radical (unpaired) electrons. The number of likely N-dealkylation sites (tertiary alicyclic amines) is 1. The van der Waals surface area contributed by atoms with E-state index in [0.717, 1.165) is 18.7 Å². The summed E-state index contributed by atoms with van der Waals surface area (Å²) in [4.78, 5) is 37.6. The minimum atomic E-state index is -4.22. The first-order valence-corrected chi connectivity index (χ1v) is 14.0. The molecular formula is C30H32F4N6O2. The van der Waals surface area contributed by atoms with Gasteiger partial charge in [0, 0.05) is 56.2 Å². The van der Waals surface area contributed by atoms with Crippen molar-refractivity contribution in [1.82, 2.24) is 25.5 Å². The zero-order valence-electron chi connectivity index (χ0n) is 22.9. The number of halogens is 4. The van der Waals surface area contributed by atoms with Gasteiger partial charge in [0.1, 0.15) is 11.6 Å². The molecule has 2 amide bonds. The third kappa shape index (κ3) is 7.81. The fourth-order valence-electron chi connectivity index (χ4n) is 5.33. The first kappa shape index (κ1) is 29.4. The second-order valence-electron chi connectivity index (χ2n) is 10.7. The van der Waals surface area contributed by atoms with Crippen LogP contribution in [0.2, 0.25) is 0 Å². The normalized spacial score (nSPS) is 17.2. The van der Waals surface area contributed by atoms with Gasteiger partial charge in [-0.25, -0.2) is 9.37 Å². The lowest BCUT2D eigenvalue weighted by Gasteiger charge is -2.33. The molecule has 0 spiro atoms. The van der Waals surface area contributed by atoms with E-state index in [4.69, 9.17) is 0 Å². The summed E-state index contributed by atoms with van der Waals surface area (Å²) in [5.74, 6) is -0.123. The molecule has 0 aliphatic carbocycles. The van der Waals surface area contributed by atoms with Gasteiger partial charge >= 0.3 is 6.18 Å². The van der Waals surface area contributed by atoms with Gasteiger partial charge in [-0.05, 0) is 62.1 Å². The second kappa shape index (κ2) is 12.8. The maximum Gasteiger partial charge on any atom is 0.401 e. The van der Waals surface area contributed by atoms with Crippen molar-refractivity contribution in [2.75, 3.05) is 37.6 Å². The van der Waals surface area contributed by atoms with Crippen LogP contribution in [-0.4, -0.2) is 77.7 Å². The molecule has 2 fully saturated rings. The van der Waals surface area contributed by atoms with Gasteiger partial charge in [-0.2, -0.15) is 13.2 Å². The number of nitrogens with one attached hydrogen (secondary N) is 2. The van der Waals surface area contributed by atoms with Crippen LogP contribution in [0.15, 0.2) is 60.9 Å². The Morgan fingerprint density at radius 3 is 1.93 bits per heavy atom. The fraction of sp³-hybridized carbons (Fsp3) is 0.400. The molecule has 2 saturated heterocycles. The van der Waals surface area contributed by atoms with Crippen LogP contribution in [-0.2, 0) is 0 Å². The van der Waals surface area contributed by atoms with Gasteiger partial charge in [0.15, 0.2) is 0 Å². The van der Waals surface area contributed by atoms with E-state index in [0.29, 0.717) is 48.3 Å². The summed E-state index contributed by atoms with van der Waals surface area (Å²) in [6.07, 6.45) is 1.16. The molecule has 3 aromatic rings. The first-order chi connectivity index (χ1) is 20.1. The monoisotopic (exact) mass is 584 g/mol. The van der Waals surface area contributed by atoms with Crippen molar-refractivity contribution in [3.63, 3.8) is 0 Å². The molecule has 1 aromatic carbocycles. The number of nitrogens with zero attached hydrogens (tertiary/aromatic N) is 4. The number of anilines is 1. The first-order valence-electron chi connectivity index (χ1n) is 14.0. The Hall–Kier alpha value is -4.06. The van der Waals surface area contributed by atoms with Gasteiger partial charge < -0.3 is 15.5 Å². The highest BCUT2D eigenvalue weighted by atomic mass is 19.4. The summed E-state index contributed by atoms with van der Waals surface area (Å²) >= 11 is 0. The van der Waals surface area contributed by atoms with Crippen molar-refractivity contribution in [2.24, 2.45) is 0 Å². The summed E-state index contributed by atoms with van der Waals surface area (Å²) in [7, 11) is 0. The largest absolute Gasteiger partial charge is 0.401 e. The summed E-state index contributed by atoms with van der Waals surface area (Å²) in [6.45, 7) is 1.01. The predicted octanol–water partition coefficient (Wildman–Crippen LogP) is 4.44. The second-order valence-corrected chi connectivity index (χ2v) is 10.7. The number of rotatable bonds is 7. The van der Waals surface area contributed by atoms with Crippen LogP contribution in [0.3, 0.4) is 0 Å². The van der Waals surface area contributed by atoms with E-state index in [-0.39, 0.29) is 42.8 Å². The summed E-state index contributed by atoms with van der Waals surface area (Å²) in [5, 5.41) is 5.96. The van der Waals surface area contributed by atoms with Gasteiger partial charge in [-0.3, -0.25) is 19.5 Å². The topological polar surface area (TPSA) is 90.5 Å². The molecule has 2 aromatic heterocycles. The van der Waals surface area contributed by atoms with E-state index in [1.54, 1.807) is 36.4 Å². The molecule has 12 heteroatoms. The summed E-state index contributed by atoms with van der Waals surface area (Å²) in [5.41, 5.74) is 2.05. The molecule has 0 bridgehead atoms. The van der Waals surface area contributed by atoms with Crippen molar-refractivity contribution < 1.29 is 27.2 Å². The third-order valence-electron chi connectivity index (χ3n) is 7.64. The van der Waals surface area contributed by atoms with Gasteiger partial charge in [0.05, 0.1) is 23.4 Å². The van der Waals surface area contributed by atoms with E-state index < -0.39 is 12.7 Å². The van der Waals surface area contributed by atoms with Crippen LogP contribution in [0, 0.1) is 5.82 Å². The Morgan fingerprint density at radius 1 is 0.810 bits per heavy atom. The highest BCUT2D eigenvalue weighted by Gasteiger charge is 2.33. The molecule has 2 aliphatic heterocycles. The maximum atomic E-state index is 13.5. The lowest BCUT2D eigenvalue weighted by molar-refractivity contribution is -0.148. The van der Waals surface area contributed by atoms with Crippen molar-refractivity contribution in [2.45, 2.75) is 43.9 Å². The summed E-state index contributed by atoms with van der Waals surface area (Å²) in [6, 6.07) is 12.8. The molecule has 0 unspecified atom stereocenters. The van der Waals surface area contributed by atoms with Crippen molar-refractivity contribution >= 4 is 17.6 Å². The van der Waals surface area contributed by atoms with Gasteiger partial charge in [0.2, 0.25) is 0 Å². The molecular weight excluding hydrogens is 552 g/mol. The lowest BCUT2D eigenvalue weighted by Crippen LogP contribution is -2.47. The molecule has 0 atom stereocenters. The number of alkyl halides is 3. The molecule has 0 saturated carbocycles. The third-order valence-corrected chi connectivity index (χ3v) is 7.64. The Bertz CT molecular complexity index is 1370. The van der Waals surface area contributed by atoms with Crippen LogP contribution in [0.4, 0.5) is 23.4 Å². The average Bonchev–Trinajstić information content (AvgIpc) is 2.98. The number of amides is 2. The fourth-order valence-corrected chi connectivity index (χ4v) is 5.33. The number of carbonyl (C=O) groups excluding carboxylic acids is 2. The molecule has 42 heavy (non-hydrogen) atoms. The highest BCUT2D eigenvalue weighted by molar-refractivity contribution is 5.95. The Morgan fingerprint density at radius 2 is 1.40 bits per heavy atom. The van der Waals surface area contributed by atoms with Gasteiger partial charge in [-0.15, -0.1) is 0 Å². The predicted molar refractivity (Wildman–Crippen MR) is 150 cm³/mol. The van der Waals surface area contributed by atoms with E-state index >= 15 is 0 Å². The number of carbonyl (C=O) groups is 2.